The van der Waals surface area contributed by atoms with E-state index in [2.05, 4.69) is 30.5 Å². The van der Waals surface area contributed by atoms with Crippen LogP contribution in [0.3, 0.4) is 0 Å². The maximum atomic E-state index is 10.7. The minimum atomic E-state index is -5.84. The van der Waals surface area contributed by atoms with Crippen molar-refractivity contribution in [1.29, 1.82) is 0 Å². The largest absolute Gasteiger partial charge is 0.522 e. The molecule has 0 heterocycles. The van der Waals surface area contributed by atoms with Gasteiger partial charge in [0.05, 0.1) is 0 Å². The van der Waals surface area contributed by atoms with Gasteiger partial charge in [0.2, 0.25) is 0 Å². The van der Waals surface area contributed by atoms with Crippen molar-refractivity contribution in [2.24, 2.45) is 0 Å². The van der Waals surface area contributed by atoms with Crippen LogP contribution in [0.15, 0.2) is 30.3 Å². The van der Waals surface area contributed by atoms with Crippen LogP contribution in [0.4, 0.5) is 13.2 Å². The molecule has 0 aliphatic carbocycles. The van der Waals surface area contributed by atoms with Gasteiger partial charge in [-0.3, -0.25) is 4.55 Å². The van der Waals surface area contributed by atoms with Crippen molar-refractivity contribution < 1.29 is 26.1 Å². The zero-order valence-electron chi connectivity index (χ0n) is 8.81. The Morgan fingerprint density at radius 1 is 1.24 bits per heavy atom. The van der Waals surface area contributed by atoms with Crippen molar-refractivity contribution >= 4 is 21.9 Å². The van der Waals surface area contributed by atoms with Crippen molar-refractivity contribution in [3.63, 3.8) is 0 Å². The number of hydrogen-bond acceptors (Lipinski definition) is 3. The second-order valence-corrected chi connectivity index (χ2v) is 5.12. The summed E-state index contributed by atoms with van der Waals surface area (Å²) in [6.45, 7) is 0. The number of benzene rings is 1. The van der Waals surface area contributed by atoms with Gasteiger partial charge in [-0.15, -0.1) is 0 Å². The van der Waals surface area contributed by atoms with Gasteiger partial charge in [0.15, 0.2) is 0 Å². The van der Waals surface area contributed by atoms with Crippen molar-refractivity contribution in [2.75, 3.05) is 6.26 Å². The predicted molar refractivity (Wildman–Crippen MR) is 61.3 cm³/mol. The first-order valence-electron chi connectivity index (χ1n) is 4.25. The summed E-state index contributed by atoms with van der Waals surface area (Å²) in [5.74, 6) is 1.13. The molecule has 17 heavy (non-hydrogen) atoms. The van der Waals surface area contributed by atoms with Crippen LogP contribution in [0.1, 0.15) is 5.56 Å². The molecule has 8 heteroatoms. The average molecular weight is 288 g/mol. The van der Waals surface area contributed by atoms with Crippen LogP contribution >= 0.6 is 11.8 Å². The summed E-state index contributed by atoms with van der Waals surface area (Å²) in [7, 11) is -5.84. The molecule has 0 unspecified atom stereocenters. The topological polar surface area (TPSA) is 54.4 Å². The number of rotatable bonds is 2. The second kappa shape index (κ2) is 6.87. The molecule has 0 atom stereocenters. The average Bonchev–Trinajstić information content (AvgIpc) is 2.17. The third kappa shape index (κ3) is 7.24. The maximum Gasteiger partial charge on any atom is 0.522 e. The maximum absolute atomic E-state index is 10.7. The van der Waals surface area contributed by atoms with E-state index in [9.17, 15) is 13.2 Å². The van der Waals surface area contributed by atoms with Gasteiger partial charge in [-0.1, -0.05) is 30.3 Å². The molecule has 1 aromatic carbocycles. The van der Waals surface area contributed by atoms with Crippen LogP contribution in [0, 0.1) is 0 Å². The minimum Gasteiger partial charge on any atom is -0.279 e. The first-order chi connectivity index (χ1) is 7.68. The Balaban J connectivity index is 0.000000304. The van der Waals surface area contributed by atoms with E-state index in [-0.39, 0.29) is 0 Å². The van der Waals surface area contributed by atoms with Gasteiger partial charge in [-0.05, 0) is 11.8 Å². The number of halogens is 3. The highest BCUT2D eigenvalue weighted by Crippen LogP contribution is 2.20. The van der Waals surface area contributed by atoms with Crippen LogP contribution in [0.5, 0.6) is 0 Å². The fraction of sp³-hybridized carbons (Fsp3) is 0.333. The van der Waals surface area contributed by atoms with Gasteiger partial charge in [-0.2, -0.15) is 33.4 Å². The highest BCUT2D eigenvalue weighted by molar-refractivity contribution is 7.97. The summed E-state index contributed by atoms with van der Waals surface area (Å²) in [6.07, 6.45) is 2.12. The molecule has 0 radical (unpaired) electrons. The molecule has 3 nitrogen and oxygen atoms in total. The van der Waals surface area contributed by atoms with E-state index < -0.39 is 15.6 Å². The smallest absolute Gasteiger partial charge is 0.279 e. The molecule has 1 N–H and O–H groups in total. The van der Waals surface area contributed by atoms with Crippen LogP contribution < -0.4 is 0 Å². The molecular formula is C9H11F3O3S2. The first kappa shape index (κ1) is 16.3. The molecule has 0 fully saturated rings. The molecule has 0 saturated carbocycles. The second-order valence-electron chi connectivity index (χ2n) is 2.84. The highest BCUT2D eigenvalue weighted by Gasteiger charge is 2.44. The van der Waals surface area contributed by atoms with E-state index >= 15 is 0 Å². The lowest BCUT2D eigenvalue weighted by Gasteiger charge is -1.97. The van der Waals surface area contributed by atoms with Gasteiger partial charge in [0.25, 0.3) is 0 Å². The molecular weight excluding hydrogens is 277 g/mol. The zero-order chi connectivity index (χ0) is 13.5. The van der Waals surface area contributed by atoms with E-state index in [1.807, 2.05) is 17.8 Å². The molecule has 1 rings (SSSR count). The van der Waals surface area contributed by atoms with Gasteiger partial charge in [-0.25, -0.2) is 0 Å². The lowest BCUT2D eigenvalue weighted by molar-refractivity contribution is -0.0510. The SMILES string of the molecule is CSCc1ccccc1.O=S(=O)(O)C(F)(F)F. The lowest BCUT2D eigenvalue weighted by atomic mass is 10.2. The van der Waals surface area contributed by atoms with Gasteiger partial charge < -0.3 is 0 Å². The Morgan fingerprint density at radius 3 is 1.94 bits per heavy atom. The summed E-state index contributed by atoms with van der Waals surface area (Å²) >= 11 is 1.85. The summed E-state index contributed by atoms with van der Waals surface area (Å²) in [6, 6.07) is 10.5. The molecule has 0 aromatic heterocycles. The van der Waals surface area contributed by atoms with Crippen LogP contribution in [-0.2, 0) is 15.9 Å². The lowest BCUT2D eigenvalue weighted by Crippen LogP contribution is -2.21. The Hall–Kier alpha value is -0.730. The molecule has 1 aromatic rings. The van der Waals surface area contributed by atoms with E-state index in [4.69, 9.17) is 13.0 Å². The van der Waals surface area contributed by atoms with Gasteiger partial charge in [0, 0.05) is 5.75 Å². The fourth-order valence-electron chi connectivity index (χ4n) is 0.741. The quantitative estimate of drug-likeness (QED) is 0.671. The summed E-state index contributed by atoms with van der Waals surface area (Å²) < 4.78 is 57.5. The molecule has 0 aliphatic rings. The number of hydrogen-bond donors (Lipinski definition) is 1. The number of alkyl halides is 3. The normalized spacial score (nSPS) is 11.6. The van der Waals surface area contributed by atoms with Crippen molar-refractivity contribution in [3.05, 3.63) is 35.9 Å². The first-order valence-corrected chi connectivity index (χ1v) is 7.08. The predicted octanol–water partition coefficient (Wildman–Crippen LogP) is 2.94. The third-order valence-corrected chi connectivity index (χ3v) is 2.65. The Labute approximate surface area is 102 Å². The third-order valence-electron chi connectivity index (χ3n) is 1.45. The van der Waals surface area contributed by atoms with Crippen molar-refractivity contribution in [2.45, 2.75) is 11.3 Å². The highest BCUT2D eigenvalue weighted by atomic mass is 32.2. The van der Waals surface area contributed by atoms with Crippen LogP contribution in [0.25, 0.3) is 0 Å². The summed E-state index contributed by atoms with van der Waals surface area (Å²) in [5, 5.41) is 0. The summed E-state index contributed by atoms with van der Waals surface area (Å²) in [5.41, 5.74) is -4.13. The molecule has 0 amide bonds. The molecule has 0 aliphatic heterocycles. The molecule has 0 saturated heterocycles. The summed E-state index contributed by atoms with van der Waals surface area (Å²) in [4.78, 5) is 0. The van der Waals surface area contributed by atoms with Gasteiger partial charge >= 0.3 is 15.6 Å². The van der Waals surface area contributed by atoms with Gasteiger partial charge in [0.1, 0.15) is 0 Å². The number of thioether (sulfide) groups is 1. The van der Waals surface area contributed by atoms with E-state index in [1.165, 1.54) is 5.56 Å². The molecule has 98 valence electrons. The van der Waals surface area contributed by atoms with E-state index in [0.717, 1.165) is 5.75 Å². The van der Waals surface area contributed by atoms with E-state index in [1.54, 1.807) is 0 Å². The van der Waals surface area contributed by atoms with Crippen molar-refractivity contribution in [3.8, 4) is 0 Å². The Morgan fingerprint density at radius 2 is 1.65 bits per heavy atom. The fourth-order valence-corrected chi connectivity index (χ4v) is 1.27. The standard InChI is InChI=1S/C8H10S.CHF3O3S/c1-9-7-8-5-3-2-4-6-8;2-1(3,4)8(5,6)7/h2-6H,7H2,1H3;(H,5,6,7). The van der Waals surface area contributed by atoms with Crippen molar-refractivity contribution in [1.82, 2.24) is 0 Å². The molecule has 0 bridgehead atoms. The van der Waals surface area contributed by atoms with Crippen LogP contribution in [0.2, 0.25) is 0 Å². The Kier molecular flexibility index (Phi) is 6.58. The Bertz CT molecular complexity index is 415. The minimum absolute atomic E-state index is 1.13. The monoisotopic (exact) mass is 288 g/mol. The van der Waals surface area contributed by atoms with Crippen LogP contribution in [-0.4, -0.2) is 24.7 Å². The zero-order valence-corrected chi connectivity index (χ0v) is 10.4. The van der Waals surface area contributed by atoms with E-state index in [0.29, 0.717) is 0 Å². The molecule has 0 spiro atoms.